The molecule has 1 aliphatic carbocycles. The van der Waals surface area contributed by atoms with Crippen molar-refractivity contribution in [1.82, 2.24) is 25.4 Å². The molecule has 4 rings (SSSR count). The molecular weight excluding hydrogens is 402 g/mol. The van der Waals surface area contributed by atoms with Crippen LogP contribution >= 0.6 is 0 Å². The van der Waals surface area contributed by atoms with Gasteiger partial charge in [0.25, 0.3) is 0 Å². The summed E-state index contributed by atoms with van der Waals surface area (Å²) in [5.74, 6) is 1.97. The van der Waals surface area contributed by atoms with Gasteiger partial charge in [0.1, 0.15) is 5.82 Å². The third kappa shape index (κ3) is 5.71. The molecule has 3 heterocycles. The van der Waals surface area contributed by atoms with E-state index in [1.807, 2.05) is 19.3 Å². The van der Waals surface area contributed by atoms with Gasteiger partial charge in [-0.05, 0) is 26.0 Å². The highest BCUT2D eigenvalue weighted by Gasteiger charge is 2.38. The van der Waals surface area contributed by atoms with Crippen LogP contribution in [0, 0.1) is 0 Å². The second-order valence-electron chi connectivity index (χ2n) is 9.44. The van der Waals surface area contributed by atoms with Crippen molar-refractivity contribution in [3.8, 4) is 0 Å². The van der Waals surface area contributed by atoms with Gasteiger partial charge in [-0.25, -0.2) is 4.98 Å². The van der Waals surface area contributed by atoms with Crippen molar-refractivity contribution in [2.24, 2.45) is 4.99 Å². The maximum atomic E-state index is 5.63. The molecule has 0 amide bonds. The number of guanidine groups is 1. The molecule has 0 atom stereocenters. The molecule has 3 aliphatic rings. The topological polar surface area (TPSA) is 68.3 Å². The van der Waals surface area contributed by atoms with Crippen molar-refractivity contribution in [2.75, 3.05) is 78.0 Å². The first-order valence-corrected chi connectivity index (χ1v) is 12.3. The van der Waals surface area contributed by atoms with E-state index < -0.39 is 0 Å². The number of piperazine rings is 1. The van der Waals surface area contributed by atoms with Crippen LogP contribution in [0.25, 0.3) is 0 Å². The smallest absolute Gasteiger partial charge is 0.191 e. The fourth-order valence-corrected chi connectivity index (χ4v) is 5.37. The van der Waals surface area contributed by atoms with E-state index in [1.54, 1.807) is 0 Å². The fourth-order valence-electron chi connectivity index (χ4n) is 5.37. The maximum Gasteiger partial charge on any atom is 0.191 e. The molecule has 1 aromatic rings. The van der Waals surface area contributed by atoms with Crippen molar-refractivity contribution in [1.29, 1.82) is 0 Å². The zero-order valence-electron chi connectivity index (χ0n) is 20.0. The molecule has 2 saturated heterocycles. The van der Waals surface area contributed by atoms with Crippen molar-refractivity contribution in [2.45, 2.75) is 44.2 Å². The summed E-state index contributed by atoms with van der Waals surface area (Å²) in [7, 11) is 4.05. The van der Waals surface area contributed by atoms with Gasteiger partial charge in [0, 0.05) is 76.7 Å². The zero-order valence-corrected chi connectivity index (χ0v) is 20.0. The molecule has 3 fully saturated rings. The van der Waals surface area contributed by atoms with Crippen LogP contribution in [0.1, 0.15) is 37.7 Å². The largest absolute Gasteiger partial charge is 0.379 e. The Labute approximate surface area is 193 Å². The van der Waals surface area contributed by atoms with E-state index in [-0.39, 0.29) is 5.54 Å². The van der Waals surface area contributed by atoms with Gasteiger partial charge in [-0.15, -0.1) is 0 Å². The van der Waals surface area contributed by atoms with Crippen LogP contribution < -0.4 is 15.5 Å². The van der Waals surface area contributed by atoms with Crippen LogP contribution in [0.4, 0.5) is 5.82 Å². The van der Waals surface area contributed by atoms with Crippen LogP contribution in [-0.4, -0.2) is 99.4 Å². The zero-order chi connectivity index (χ0) is 22.2. The highest BCUT2D eigenvalue weighted by Crippen LogP contribution is 2.33. The van der Waals surface area contributed by atoms with Gasteiger partial charge in [-0.2, -0.15) is 0 Å². The SMILES string of the molecule is CN=C(NCc1cccnc1N1CCN(C)CC1)NCC1(N2CCOCC2)CCCCC1. The molecule has 0 unspecified atom stereocenters. The molecule has 8 nitrogen and oxygen atoms in total. The number of nitrogens with zero attached hydrogens (tertiary/aromatic N) is 5. The van der Waals surface area contributed by atoms with Crippen LogP contribution in [0.3, 0.4) is 0 Å². The number of rotatable bonds is 6. The Morgan fingerprint density at radius 3 is 2.53 bits per heavy atom. The van der Waals surface area contributed by atoms with Gasteiger partial charge in [0.05, 0.1) is 13.2 Å². The minimum Gasteiger partial charge on any atom is -0.379 e. The summed E-state index contributed by atoms with van der Waals surface area (Å²) < 4.78 is 5.63. The Balaban J connectivity index is 1.36. The quantitative estimate of drug-likeness (QED) is 0.511. The first-order chi connectivity index (χ1) is 15.7. The Morgan fingerprint density at radius 2 is 1.81 bits per heavy atom. The van der Waals surface area contributed by atoms with Gasteiger partial charge >= 0.3 is 0 Å². The highest BCUT2D eigenvalue weighted by molar-refractivity contribution is 5.79. The molecule has 1 aromatic heterocycles. The predicted octanol–water partition coefficient (Wildman–Crippen LogP) is 1.53. The summed E-state index contributed by atoms with van der Waals surface area (Å²) in [6, 6.07) is 4.21. The fraction of sp³-hybridized carbons (Fsp3) is 0.750. The van der Waals surface area contributed by atoms with Crippen molar-refractivity contribution in [3.63, 3.8) is 0 Å². The maximum absolute atomic E-state index is 5.63. The molecule has 1 saturated carbocycles. The Bertz CT molecular complexity index is 736. The second kappa shape index (κ2) is 11.3. The molecule has 0 aromatic carbocycles. The van der Waals surface area contributed by atoms with E-state index in [0.29, 0.717) is 0 Å². The van der Waals surface area contributed by atoms with Crippen molar-refractivity contribution in [3.05, 3.63) is 23.9 Å². The molecule has 32 heavy (non-hydrogen) atoms. The number of anilines is 1. The summed E-state index contributed by atoms with van der Waals surface area (Å²) >= 11 is 0. The van der Waals surface area contributed by atoms with E-state index in [4.69, 9.17) is 9.72 Å². The van der Waals surface area contributed by atoms with Crippen LogP contribution in [-0.2, 0) is 11.3 Å². The van der Waals surface area contributed by atoms with Gasteiger partial charge < -0.3 is 25.2 Å². The number of aromatic nitrogens is 1. The van der Waals surface area contributed by atoms with Gasteiger partial charge in [0.2, 0.25) is 0 Å². The molecule has 0 bridgehead atoms. The molecule has 2 aliphatic heterocycles. The Morgan fingerprint density at radius 1 is 1.06 bits per heavy atom. The van der Waals surface area contributed by atoms with Crippen molar-refractivity contribution < 1.29 is 4.74 Å². The Kier molecular flexibility index (Phi) is 8.21. The first kappa shape index (κ1) is 23.3. The number of nitrogens with one attached hydrogen (secondary N) is 2. The number of ether oxygens (including phenoxy) is 1. The molecule has 0 radical (unpaired) electrons. The summed E-state index contributed by atoms with van der Waals surface area (Å²) in [6.45, 7) is 9.65. The summed E-state index contributed by atoms with van der Waals surface area (Å²) in [4.78, 5) is 16.7. The summed E-state index contributed by atoms with van der Waals surface area (Å²) in [5.41, 5.74) is 1.44. The number of morpholine rings is 1. The van der Waals surface area contributed by atoms with Gasteiger partial charge in [-0.3, -0.25) is 9.89 Å². The monoisotopic (exact) mass is 443 g/mol. The van der Waals surface area contributed by atoms with Gasteiger partial charge in [0.15, 0.2) is 5.96 Å². The van der Waals surface area contributed by atoms with Crippen LogP contribution in [0.2, 0.25) is 0 Å². The lowest BCUT2D eigenvalue weighted by atomic mass is 9.80. The molecule has 0 spiro atoms. The minimum atomic E-state index is 0.221. The van der Waals surface area contributed by atoms with E-state index in [1.165, 1.54) is 37.7 Å². The molecular formula is C24H41N7O. The minimum absolute atomic E-state index is 0.221. The lowest BCUT2D eigenvalue weighted by Crippen LogP contribution is -2.60. The van der Waals surface area contributed by atoms with E-state index in [2.05, 4.69) is 43.4 Å². The third-order valence-electron chi connectivity index (χ3n) is 7.39. The van der Waals surface area contributed by atoms with Crippen molar-refractivity contribution >= 4 is 11.8 Å². The summed E-state index contributed by atoms with van der Waals surface area (Å²) in [6.07, 6.45) is 8.40. The van der Waals surface area contributed by atoms with E-state index in [0.717, 1.165) is 77.3 Å². The van der Waals surface area contributed by atoms with Gasteiger partial charge in [-0.1, -0.05) is 25.3 Å². The number of likely N-dealkylation sites (N-methyl/N-ethyl adjacent to an activating group) is 1. The second-order valence-corrected chi connectivity index (χ2v) is 9.44. The number of hydrogen-bond donors (Lipinski definition) is 2. The predicted molar refractivity (Wildman–Crippen MR) is 130 cm³/mol. The lowest BCUT2D eigenvalue weighted by molar-refractivity contribution is -0.0352. The Hall–Kier alpha value is -1.90. The number of aliphatic imine (C=N–C) groups is 1. The van der Waals surface area contributed by atoms with E-state index in [9.17, 15) is 0 Å². The van der Waals surface area contributed by atoms with Crippen LogP contribution in [0.15, 0.2) is 23.3 Å². The number of pyridine rings is 1. The highest BCUT2D eigenvalue weighted by atomic mass is 16.5. The summed E-state index contributed by atoms with van der Waals surface area (Å²) in [5, 5.41) is 7.22. The third-order valence-corrected chi connectivity index (χ3v) is 7.39. The average molecular weight is 444 g/mol. The molecule has 2 N–H and O–H groups in total. The van der Waals surface area contributed by atoms with Crippen LogP contribution in [0.5, 0.6) is 0 Å². The lowest BCUT2D eigenvalue weighted by Gasteiger charge is -2.48. The standard InChI is InChI=1S/C24H41N7O/c1-25-23(28-20-24(8-4-3-5-9-24)31-15-17-32-18-16-31)27-19-21-7-6-10-26-22(21)30-13-11-29(2)12-14-30/h6-7,10H,3-5,8-9,11-20H2,1-2H3,(H2,25,27,28). The molecule has 178 valence electrons. The average Bonchev–Trinajstić information content (AvgIpc) is 2.86. The van der Waals surface area contributed by atoms with E-state index >= 15 is 0 Å². The molecule has 8 heteroatoms. The first-order valence-electron chi connectivity index (χ1n) is 12.3. The number of hydrogen-bond acceptors (Lipinski definition) is 6. The normalized spacial score (nSPS) is 23.2.